The van der Waals surface area contributed by atoms with E-state index in [-0.39, 0.29) is 5.91 Å². The van der Waals surface area contributed by atoms with Gasteiger partial charge in [-0.25, -0.2) is 4.79 Å². The molecule has 104 valence electrons. The van der Waals surface area contributed by atoms with Gasteiger partial charge in [0.1, 0.15) is 6.04 Å². The van der Waals surface area contributed by atoms with E-state index in [0.29, 0.717) is 13.0 Å². The number of carboxylic acid groups (broad SMARTS) is 1. The van der Waals surface area contributed by atoms with Crippen LogP contribution in [0.15, 0.2) is 24.3 Å². The largest absolute Gasteiger partial charge is 0.480 e. The Morgan fingerprint density at radius 1 is 1.37 bits per heavy atom. The summed E-state index contributed by atoms with van der Waals surface area (Å²) in [6, 6.07) is 7.09. The Balaban J connectivity index is 0.000000200. The molecule has 0 radical (unpaired) electrons. The summed E-state index contributed by atoms with van der Waals surface area (Å²) in [4.78, 5) is 22.8. The van der Waals surface area contributed by atoms with Gasteiger partial charge in [-0.05, 0) is 32.4 Å². The van der Waals surface area contributed by atoms with Crippen LogP contribution in [0.4, 0.5) is 0 Å². The number of hydrogen-bond acceptors (Lipinski definition) is 2. The average molecular weight is 284 g/mol. The Hall–Kier alpha value is -1.55. The number of aryl methyl sites for hydroxylation is 1. The summed E-state index contributed by atoms with van der Waals surface area (Å²) in [5, 5.41) is 9.37. The van der Waals surface area contributed by atoms with Gasteiger partial charge in [-0.15, -0.1) is 0 Å². The number of carbonyl (C=O) groups excluding carboxylic acids is 1. The van der Waals surface area contributed by atoms with Crippen LogP contribution in [0, 0.1) is 6.92 Å². The minimum atomic E-state index is -0.930. The number of carboxylic acids is 1. The fraction of sp³-hybridized carbons (Fsp3) is 0.429. The van der Waals surface area contributed by atoms with Crippen LogP contribution in [0.5, 0.6) is 0 Å². The third-order valence-electron chi connectivity index (χ3n) is 2.95. The molecule has 1 fully saturated rings. The second-order valence-electron chi connectivity index (χ2n) is 4.50. The molecule has 1 amide bonds. The van der Waals surface area contributed by atoms with E-state index in [1.54, 1.807) is 0 Å². The van der Waals surface area contributed by atoms with Crippen molar-refractivity contribution < 1.29 is 14.7 Å². The second-order valence-corrected chi connectivity index (χ2v) is 4.94. The zero-order valence-electron chi connectivity index (χ0n) is 11.1. The summed E-state index contributed by atoms with van der Waals surface area (Å²) in [6.45, 7) is 4.16. The van der Waals surface area contributed by atoms with Crippen LogP contribution in [0.3, 0.4) is 0 Å². The quantitative estimate of drug-likeness (QED) is 0.908. The van der Waals surface area contributed by atoms with Gasteiger partial charge in [-0.3, -0.25) is 4.79 Å². The molecule has 0 spiro atoms. The first-order valence-electron chi connectivity index (χ1n) is 6.16. The van der Waals surface area contributed by atoms with E-state index in [9.17, 15) is 9.59 Å². The van der Waals surface area contributed by atoms with Gasteiger partial charge in [-0.1, -0.05) is 29.3 Å². The van der Waals surface area contributed by atoms with Crippen molar-refractivity contribution >= 4 is 23.5 Å². The van der Waals surface area contributed by atoms with Gasteiger partial charge in [0.2, 0.25) is 5.91 Å². The molecule has 1 aromatic rings. The van der Waals surface area contributed by atoms with Crippen molar-refractivity contribution in [1.29, 1.82) is 0 Å². The fourth-order valence-corrected chi connectivity index (χ4v) is 1.87. The molecule has 1 aromatic carbocycles. The molecule has 19 heavy (non-hydrogen) atoms. The lowest BCUT2D eigenvalue weighted by Crippen LogP contribution is -2.39. The minimum absolute atomic E-state index is 0.0418. The Bertz CT molecular complexity index is 424. The van der Waals surface area contributed by atoms with Gasteiger partial charge in [0.05, 0.1) is 0 Å². The van der Waals surface area contributed by atoms with E-state index in [1.807, 2.05) is 31.2 Å². The summed E-state index contributed by atoms with van der Waals surface area (Å²) < 4.78 is 0. The maximum absolute atomic E-state index is 11.0. The summed E-state index contributed by atoms with van der Waals surface area (Å²) in [5.41, 5.74) is 1.24. The summed E-state index contributed by atoms with van der Waals surface area (Å²) in [5.74, 6) is -0.972. The van der Waals surface area contributed by atoms with E-state index in [2.05, 4.69) is 0 Å². The lowest BCUT2D eigenvalue weighted by atomic mass is 10.2. The monoisotopic (exact) mass is 283 g/mol. The predicted octanol–water partition coefficient (Wildman–Crippen LogP) is 2.73. The van der Waals surface area contributed by atoms with Crippen molar-refractivity contribution in [2.24, 2.45) is 0 Å². The van der Waals surface area contributed by atoms with Gasteiger partial charge >= 0.3 is 5.97 Å². The smallest absolute Gasteiger partial charge is 0.326 e. The molecule has 5 heteroatoms. The first-order valence-corrected chi connectivity index (χ1v) is 6.54. The molecule has 0 bridgehead atoms. The van der Waals surface area contributed by atoms with E-state index in [1.165, 1.54) is 17.4 Å². The lowest BCUT2D eigenvalue weighted by Gasteiger charge is -2.19. The van der Waals surface area contributed by atoms with E-state index in [0.717, 1.165) is 11.4 Å². The highest BCUT2D eigenvalue weighted by Gasteiger charge is 2.28. The number of benzene rings is 1. The third-order valence-corrected chi connectivity index (χ3v) is 3.20. The van der Waals surface area contributed by atoms with Crippen LogP contribution in [0.1, 0.15) is 25.3 Å². The van der Waals surface area contributed by atoms with Crippen molar-refractivity contribution in [3.05, 3.63) is 34.9 Å². The third kappa shape index (κ3) is 4.91. The SMILES string of the molecule is C[C@H](C(=O)O)N1CCCC1=O.Cc1ccc(Cl)cc1. The molecule has 1 aliphatic heterocycles. The normalized spacial score (nSPS) is 15.7. The lowest BCUT2D eigenvalue weighted by molar-refractivity contribution is -0.147. The molecular formula is C14H18ClNO3. The first kappa shape index (κ1) is 15.5. The maximum atomic E-state index is 11.0. The first-order chi connectivity index (χ1) is 8.91. The van der Waals surface area contributed by atoms with Crippen LogP contribution < -0.4 is 0 Å². The zero-order chi connectivity index (χ0) is 14.4. The van der Waals surface area contributed by atoms with Crippen LogP contribution in [-0.4, -0.2) is 34.5 Å². The van der Waals surface area contributed by atoms with E-state index < -0.39 is 12.0 Å². The number of aliphatic carboxylic acids is 1. The molecular weight excluding hydrogens is 266 g/mol. The Morgan fingerprint density at radius 2 is 1.95 bits per heavy atom. The van der Waals surface area contributed by atoms with Crippen LogP contribution in [0.25, 0.3) is 0 Å². The summed E-state index contributed by atoms with van der Waals surface area (Å²) in [6.07, 6.45) is 1.29. The van der Waals surface area contributed by atoms with Crippen molar-refractivity contribution in [1.82, 2.24) is 4.90 Å². The number of likely N-dealkylation sites (tertiary alicyclic amines) is 1. The molecule has 1 aliphatic rings. The molecule has 2 rings (SSSR count). The molecule has 0 aromatic heterocycles. The Labute approximate surface area is 118 Å². The van der Waals surface area contributed by atoms with Gasteiger partial charge in [0.25, 0.3) is 0 Å². The van der Waals surface area contributed by atoms with Crippen molar-refractivity contribution in [3.63, 3.8) is 0 Å². The van der Waals surface area contributed by atoms with Crippen molar-refractivity contribution in [2.75, 3.05) is 6.54 Å². The maximum Gasteiger partial charge on any atom is 0.326 e. The van der Waals surface area contributed by atoms with Gasteiger partial charge in [0.15, 0.2) is 0 Å². The topological polar surface area (TPSA) is 57.6 Å². The molecule has 0 unspecified atom stereocenters. The Morgan fingerprint density at radius 3 is 2.32 bits per heavy atom. The average Bonchev–Trinajstić information content (AvgIpc) is 2.79. The minimum Gasteiger partial charge on any atom is -0.480 e. The standard InChI is InChI=1S/C7H7Cl.C7H11NO3/c1-6-2-4-7(8)5-3-6;1-5(7(10)11)8-4-2-3-6(8)9/h2-5H,1H3;5H,2-4H2,1H3,(H,10,11)/t;5-/m.1/s1. The van der Waals surface area contributed by atoms with Crippen LogP contribution in [0.2, 0.25) is 5.02 Å². The van der Waals surface area contributed by atoms with Crippen molar-refractivity contribution in [3.8, 4) is 0 Å². The zero-order valence-corrected chi connectivity index (χ0v) is 11.9. The second kappa shape index (κ2) is 7.14. The fourth-order valence-electron chi connectivity index (χ4n) is 1.75. The van der Waals surface area contributed by atoms with Crippen LogP contribution >= 0.6 is 11.6 Å². The number of halogens is 1. The predicted molar refractivity (Wildman–Crippen MR) is 74.2 cm³/mol. The van der Waals surface area contributed by atoms with Crippen molar-refractivity contribution in [2.45, 2.75) is 32.7 Å². The molecule has 1 N–H and O–H groups in total. The number of nitrogens with zero attached hydrogens (tertiary/aromatic N) is 1. The van der Waals surface area contributed by atoms with Crippen LogP contribution in [-0.2, 0) is 9.59 Å². The highest BCUT2D eigenvalue weighted by molar-refractivity contribution is 6.30. The molecule has 0 aliphatic carbocycles. The molecule has 4 nitrogen and oxygen atoms in total. The van der Waals surface area contributed by atoms with Gasteiger partial charge < -0.3 is 10.0 Å². The van der Waals surface area contributed by atoms with E-state index >= 15 is 0 Å². The Kier molecular flexibility index (Phi) is 5.83. The molecule has 1 heterocycles. The van der Waals surface area contributed by atoms with Gasteiger partial charge in [0, 0.05) is 18.0 Å². The summed E-state index contributed by atoms with van der Waals surface area (Å²) in [7, 11) is 0. The number of hydrogen-bond donors (Lipinski definition) is 1. The highest BCUT2D eigenvalue weighted by atomic mass is 35.5. The number of amides is 1. The number of rotatable bonds is 2. The molecule has 1 saturated heterocycles. The summed E-state index contributed by atoms with van der Waals surface area (Å²) >= 11 is 5.61. The molecule has 1 atom stereocenters. The molecule has 0 saturated carbocycles. The van der Waals surface area contributed by atoms with E-state index in [4.69, 9.17) is 16.7 Å². The number of carbonyl (C=O) groups is 2. The van der Waals surface area contributed by atoms with Gasteiger partial charge in [-0.2, -0.15) is 0 Å². The highest BCUT2D eigenvalue weighted by Crippen LogP contribution is 2.13.